The molecule has 4 heteroatoms. The third-order valence-electron chi connectivity index (χ3n) is 3.43. The molecule has 3 aromatic rings. The number of rotatable bonds is 4. The molecule has 0 aromatic carbocycles. The van der Waals surface area contributed by atoms with Crippen LogP contribution in [0, 0.1) is 0 Å². The summed E-state index contributed by atoms with van der Waals surface area (Å²) in [5.41, 5.74) is 1.14. The summed E-state index contributed by atoms with van der Waals surface area (Å²) in [6.07, 6.45) is 1.87. The molecular formula is C15H16N2S2. The summed E-state index contributed by atoms with van der Waals surface area (Å²) < 4.78 is 2.77. The molecule has 2 atom stereocenters. The van der Waals surface area contributed by atoms with Crippen LogP contribution in [0.1, 0.15) is 29.5 Å². The lowest BCUT2D eigenvalue weighted by Crippen LogP contribution is -2.21. The molecule has 98 valence electrons. The molecule has 2 nitrogen and oxygen atoms in total. The van der Waals surface area contributed by atoms with Crippen molar-refractivity contribution in [3.05, 3.63) is 52.5 Å². The number of fused-ring (bicyclic) bond motifs is 1. The highest BCUT2D eigenvalue weighted by Gasteiger charge is 2.22. The molecule has 0 saturated heterocycles. The standard InChI is InChI=1S/C15H16N2S2/c1-10(11-5-3-4-7-17-11)15(16-2)14-9-13-12(19-14)6-8-18-13/h3-10,15-16H,1-2H3. The summed E-state index contributed by atoms with van der Waals surface area (Å²) in [5, 5.41) is 5.60. The Balaban J connectivity index is 1.94. The Hall–Kier alpha value is -1.23. The molecule has 0 aliphatic heterocycles. The predicted molar refractivity (Wildman–Crippen MR) is 84.2 cm³/mol. The molecule has 0 radical (unpaired) electrons. The largest absolute Gasteiger partial charge is 0.312 e. The molecule has 0 bridgehead atoms. The monoisotopic (exact) mass is 288 g/mol. The van der Waals surface area contributed by atoms with Gasteiger partial charge >= 0.3 is 0 Å². The van der Waals surface area contributed by atoms with Crippen molar-refractivity contribution in [3.63, 3.8) is 0 Å². The van der Waals surface area contributed by atoms with Gasteiger partial charge in [-0.15, -0.1) is 22.7 Å². The molecule has 0 aliphatic rings. The van der Waals surface area contributed by atoms with Crippen LogP contribution < -0.4 is 5.32 Å². The van der Waals surface area contributed by atoms with Gasteiger partial charge in [0.1, 0.15) is 0 Å². The topological polar surface area (TPSA) is 24.9 Å². The Morgan fingerprint density at radius 2 is 2.11 bits per heavy atom. The van der Waals surface area contributed by atoms with Crippen molar-refractivity contribution in [2.75, 3.05) is 7.05 Å². The number of hydrogen-bond acceptors (Lipinski definition) is 4. The molecule has 0 amide bonds. The van der Waals surface area contributed by atoms with Crippen LogP contribution in [-0.4, -0.2) is 12.0 Å². The van der Waals surface area contributed by atoms with Gasteiger partial charge in [-0.05, 0) is 36.7 Å². The van der Waals surface area contributed by atoms with Crippen LogP contribution in [0.4, 0.5) is 0 Å². The van der Waals surface area contributed by atoms with Crippen LogP contribution in [0.5, 0.6) is 0 Å². The maximum Gasteiger partial charge on any atom is 0.0495 e. The van der Waals surface area contributed by atoms with E-state index in [4.69, 9.17) is 0 Å². The van der Waals surface area contributed by atoms with Gasteiger partial charge in [-0.2, -0.15) is 0 Å². The number of hydrogen-bond donors (Lipinski definition) is 1. The Bertz CT molecular complexity index is 628. The third-order valence-corrected chi connectivity index (χ3v) is 5.61. The van der Waals surface area contributed by atoms with Crippen molar-refractivity contribution in [3.8, 4) is 0 Å². The van der Waals surface area contributed by atoms with Gasteiger partial charge in [0, 0.05) is 38.1 Å². The van der Waals surface area contributed by atoms with E-state index in [-0.39, 0.29) is 0 Å². The van der Waals surface area contributed by atoms with Gasteiger partial charge in [-0.1, -0.05) is 13.0 Å². The minimum atomic E-state index is 0.319. The molecule has 2 unspecified atom stereocenters. The second-order valence-corrected chi connectivity index (χ2v) is 6.67. The first-order valence-corrected chi connectivity index (χ1v) is 8.04. The van der Waals surface area contributed by atoms with E-state index >= 15 is 0 Å². The number of pyridine rings is 1. The lowest BCUT2D eigenvalue weighted by Gasteiger charge is -2.22. The minimum Gasteiger partial charge on any atom is -0.312 e. The van der Waals surface area contributed by atoms with Gasteiger partial charge in [0.15, 0.2) is 0 Å². The average molecular weight is 288 g/mol. The first-order chi connectivity index (χ1) is 9.29. The number of nitrogens with one attached hydrogen (secondary N) is 1. The maximum absolute atomic E-state index is 4.48. The molecule has 3 heterocycles. The minimum absolute atomic E-state index is 0.319. The SMILES string of the molecule is CNC(c1cc2sccc2s1)C(C)c1ccccn1. The summed E-state index contributed by atoms with van der Waals surface area (Å²) >= 11 is 3.69. The zero-order valence-electron chi connectivity index (χ0n) is 11.0. The maximum atomic E-state index is 4.48. The Labute approximate surface area is 121 Å². The zero-order chi connectivity index (χ0) is 13.2. The van der Waals surface area contributed by atoms with Crippen molar-refractivity contribution < 1.29 is 0 Å². The number of likely N-dealkylation sites (N-methyl/N-ethyl adjacent to an activating group) is 1. The van der Waals surface area contributed by atoms with Crippen molar-refractivity contribution >= 4 is 32.1 Å². The normalized spacial score (nSPS) is 14.6. The first-order valence-electron chi connectivity index (χ1n) is 6.34. The molecule has 1 N–H and O–H groups in total. The van der Waals surface area contributed by atoms with E-state index in [0.717, 1.165) is 5.69 Å². The van der Waals surface area contributed by atoms with Gasteiger partial charge < -0.3 is 5.32 Å². The number of nitrogens with zero attached hydrogens (tertiary/aromatic N) is 1. The van der Waals surface area contributed by atoms with Crippen LogP contribution in [0.3, 0.4) is 0 Å². The number of aromatic nitrogens is 1. The molecule has 3 aromatic heterocycles. The summed E-state index contributed by atoms with van der Waals surface area (Å²) in [7, 11) is 2.03. The summed E-state index contributed by atoms with van der Waals surface area (Å²) in [4.78, 5) is 5.87. The zero-order valence-corrected chi connectivity index (χ0v) is 12.6. The molecule has 0 aliphatic carbocycles. The summed E-state index contributed by atoms with van der Waals surface area (Å²) in [6, 6.07) is 11.0. The highest BCUT2D eigenvalue weighted by Crippen LogP contribution is 2.38. The molecule has 0 spiro atoms. The first kappa shape index (κ1) is 12.8. The number of thiophene rings is 2. The molecule has 0 fully saturated rings. The van der Waals surface area contributed by atoms with Gasteiger partial charge in [0.2, 0.25) is 0 Å². The van der Waals surface area contributed by atoms with E-state index in [1.54, 1.807) is 0 Å². The predicted octanol–water partition coefficient (Wildman–Crippen LogP) is 4.42. The smallest absolute Gasteiger partial charge is 0.0495 e. The molecule has 19 heavy (non-hydrogen) atoms. The third kappa shape index (κ3) is 2.43. The Kier molecular flexibility index (Phi) is 3.64. The van der Waals surface area contributed by atoms with Gasteiger partial charge in [0.05, 0.1) is 0 Å². The second-order valence-electron chi connectivity index (χ2n) is 4.61. The highest BCUT2D eigenvalue weighted by molar-refractivity contribution is 7.26. The van der Waals surface area contributed by atoms with Crippen molar-refractivity contribution in [1.29, 1.82) is 0 Å². The lowest BCUT2D eigenvalue weighted by atomic mass is 9.96. The van der Waals surface area contributed by atoms with Crippen LogP contribution in [0.2, 0.25) is 0 Å². The molecule has 0 saturated carbocycles. The van der Waals surface area contributed by atoms with E-state index in [2.05, 4.69) is 46.9 Å². The quantitative estimate of drug-likeness (QED) is 0.768. The fourth-order valence-electron chi connectivity index (χ4n) is 2.39. The van der Waals surface area contributed by atoms with E-state index < -0.39 is 0 Å². The van der Waals surface area contributed by atoms with E-state index in [9.17, 15) is 0 Å². The van der Waals surface area contributed by atoms with Crippen LogP contribution in [-0.2, 0) is 0 Å². The average Bonchev–Trinajstić information content (AvgIpc) is 3.02. The van der Waals surface area contributed by atoms with Crippen LogP contribution >= 0.6 is 22.7 Å². The Morgan fingerprint density at radius 1 is 1.21 bits per heavy atom. The van der Waals surface area contributed by atoms with Crippen molar-refractivity contribution in [1.82, 2.24) is 10.3 Å². The highest BCUT2D eigenvalue weighted by atomic mass is 32.1. The van der Waals surface area contributed by atoms with E-state index in [1.807, 2.05) is 42.0 Å². The summed E-state index contributed by atoms with van der Waals surface area (Å²) in [6.45, 7) is 2.23. The van der Waals surface area contributed by atoms with E-state index in [0.29, 0.717) is 12.0 Å². The molecular weight excluding hydrogens is 272 g/mol. The van der Waals surface area contributed by atoms with Crippen LogP contribution in [0.15, 0.2) is 41.9 Å². The Morgan fingerprint density at radius 3 is 2.79 bits per heavy atom. The fourth-order valence-corrected chi connectivity index (χ4v) is 4.73. The van der Waals surface area contributed by atoms with Crippen molar-refractivity contribution in [2.45, 2.75) is 18.9 Å². The van der Waals surface area contributed by atoms with Gasteiger partial charge in [0.25, 0.3) is 0 Å². The van der Waals surface area contributed by atoms with Gasteiger partial charge in [-0.3, -0.25) is 4.98 Å². The van der Waals surface area contributed by atoms with Gasteiger partial charge in [-0.25, -0.2) is 0 Å². The van der Waals surface area contributed by atoms with Crippen molar-refractivity contribution in [2.24, 2.45) is 0 Å². The lowest BCUT2D eigenvalue weighted by molar-refractivity contribution is 0.507. The summed E-state index contributed by atoms with van der Waals surface area (Å²) in [5.74, 6) is 0.360. The fraction of sp³-hybridized carbons (Fsp3) is 0.267. The molecule has 3 rings (SSSR count). The van der Waals surface area contributed by atoms with Crippen LogP contribution in [0.25, 0.3) is 9.40 Å². The van der Waals surface area contributed by atoms with E-state index in [1.165, 1.54) is 14.3 Å². The second kappa shape index (κ2) is 5.41.